The zero-order valence-electron chi connectivity index (χ0n) is 8.78. The van der Waals surface area contributed by atoms with Crippen LogP contribution in [0.3, 0.4) is 0 Å². The number of rotatable bonds is 1. The van der Waals surface area contributed by atoms with Gasteiger partial charge in [-0.1, -0.05) is 24.3 Å². The van der Waals surface area contributed by atoms with Gasteiger partial charge in [0, 0.05) is 10.9 Å². The Kier molecular flexibility index (Phi) is 2.48. The van der Waals surface area contributed by atoms with Gasteiger partial charge in [0.15, 0.2) is 0 Å². The molecule has 0 atom stereocenters. The number of furan rings is 1. The van der Waals surface area contributed by atoms with Crippen molar-refractivity contribution in [3.8, 4) is 11.1 Å². The molecule has 3 aromatic rings. The standard InChI is InChI=1S/C14H8BrFO/c15-13-3-1-2-11-12(8-17-14(11)13)9-4-6-10(16)7-5-9/h1-8H. The van der Waals surface area contributed by atoms with Crippen LogP contribution in [0.15, 0.2) is 57.6 Å². The third-order valence-corrected chi connectivity index (χ3v) is 3.33. The maximum Gasteiger partial charge on any atom is 0.148 e. The van der Waals surface area contributed by atoms with E-state index in [2.05, 4.69) is 15.9 Å². The van der Waals surface area contributed by atoms with E-state index < -0.39 is 0 Å². The monoisotopic (exact) mass is 290 g/mol. The maximum atomic E-state index is 12.9. The fourth-order valence-corrected chi connectivity index (χ4v) is 2.33. The van der Waals surface area contributed by atoms with Crippen molar-refractivity contribution in [2.24, 2.45) is 0 Å². The Morgan fingerprint density at radius 1 is 1.00 bits per heavy atom. The fraction of sp³-hybridized carbons (Fsp3) is 0. The van der Waals surface area contributed by atoms with Crippen molar-refractivity contribution in [1.29, 1.82) is 0 Å². The van der Waals surface area contributed by atoms with Crippen LogP contribution in [0.25, 0.3) is 22.1 Å². The summed E-state index contributed by atoms with van der Waals surface area (Å²) in [6.07, 6.45) is 1.70. The Hall–Kier alpha value is -1.61. The highest BCUT2D eigenvalue weighted by molar-refractivity contribution is 9.10. The average Bonchev–Trinajstić information content (AvgIpc) is 2.75. The molecule has 1 nitrogen and oxygen atoms in total. The lowest BCUT2D eigenvalue weighted by Crippen LogP contribution is -1.77. The summed E-state index contributed by atoms with van der Waals surface area (Å²) in [6, 6.07) is 12.3. The van der Waals surface area contributed by atoms with Crippen LogP contribution in [0.2, 0.25) is 0 Å². The van der Waals surface area contributed by atoms with Gasteiger partial charge in [-0.25, -0.2) is 4.39 Å². The van der Waals surface area contributed by atoms with Crippen molar-refractivity contribution in [3.63, 3.8) is 0 Å². The van der Waals surface area contributed by atoms with Gasteiger partial charge in [0.25, 0.3) is 0 Å². The number of halogens is 2. The van der Waals surface area contributed by atoms with Crippen molar-refractivity contribution in [2.75, 3.05) is 0 Å². The zero-order valence-corrected chi connectivity index (χ0v) is 10.4. The minimum Gasteiger partial charge on any atom is -0.462 e. The van der Waals surface area contributed by atoms with Gasteiger partial charge in [-0.3, -0.25) is 0 Å². The molecule has 1 aromatic heterocycles. The van der Waals surface area contributed by atoms with Gasteiger partial charge in [-0.15, -0.1) is 0 Å². The van der Waals surface area contributed by atoms with Crippen LogP contribution in [-0.4, -0.2) is 0 Å². The van der Waals surface area contributed by atoms with E-state index in [0.29, 0.717) is 0 Å². The van der Waals surface area contributed by atoms with Gasteiger partial charge in [0.1, 0.15) is 11.4 Å². The lowest BCUT2D eigenvalue weighted by Gasteiger charge is -1.98. The molecule has 2 aromatic carbocycles. The van der Waals surface area contributed by atoms with Crippen LogP contribution in [0.1, 0.15) is 0 Å². The Balaban J connectivity index is 2.24. The molecule has 0 amide bonds. The largest absolute Gasteiger partial charge is 0.462 e. The Bertz CT molecular complexity index is 670. The highest BCUT2D eigenvalue weighted by atomic mass is 79.9. The predicted molar refractivity (Wildman–Crippen MR) is 69.3 cm³/mol. The second kappa shape index (κ2) is 4.00. The Morgan fingerprint density at radius 3 is 2.53 bits per heavy atom. The molecule has 1 heterocycles. The molecule has 0 aliphatic heterocycles. The number of fused-ring (bicyclic) bond motifs is 1. The Labute approximate surface area is 106 Å². The van der Waals surface area contributed by atoms with Crippen LogP contribution in [0, 0.1) is 5.82 Å². The van der Waals surface area contributed by atoms with Gasteiger partial charge < -0.3 is 4.42 Å². The summed E-state index contributed by atoms with van der Waals surface area (Å²) < 4.78 is 19.3. The van der Waals surface area contributed by atoms with Crippen LogP contribution < -0.4 is 0 Å². The Morgan fingerprint density at radius 2 is 1.76 bits per heavy atom. The number of hydrogen-bond donors (Lipinski definition) is 0. The third-order valence-electron chi connectivity index (χ3n) is 2.71. The molecule has 0 fully saturated rings. The predicted octanol–water partition coefficient (Wildman–Crippen LogP) is 5.00. The van der Waals surface area contributed by atoms with Crippen molar-refractivity contribution >= 4 is 26.9 Å². The van der Waals surface area contributed by atoms with E-state index in [1.165, 1.54) is 12.1 Å². The topological polar surface area (TPSA) is 13.1 Å². The highest BCUT2D eigenvalue weighted by Crippen LogP contribution is 2.34. The van der Waals surface area contributed by atoms with Gasteiger partial charge in [0.05, 0.1) is 10.7 Å². The SMILES string of the molecule is Fc1ccc(-c2coc3c(Br)cccc23)cc1. The summed E-state index contributed by atoms with van der Waals surface area (Å²) in [5, 5.41) is 1.02. The maximum absolute atomic E-state index is 12.9. The van der Waals surface area contributed by atoms with E-state index in [9.17, 15) is 4.39 Å². The van der Waals surface area contributed by atoms with E-state index in [4.69, 9.17) is 4.42 Å². The number of benzene rings is 2. The van der Waals surface area contributed by atoms with E-state index in [0.717, 1.165) is 26.6 Å². The highest BCUT2D eigenvalue weighted by Gasteiger charge is 2.09. The summed E-state index contributed by atoms with van der Waals surface area (Å²) in [5.74, 6) is -0.234. The van der Waals surface area contributed by atoms with Crippen LogP contribution >= 0.6 is 15.9 Å². The average molecular weight is 291 g/mol. The van der Waals surface area contributed by atoms with E-state index >= 15 is 0 Å². The van der Waals surface area contributed by atoms with Gasteiger partial charge in [0.2, 0.25) is 0 Å². The summed E-state index contributed by atoms with van der Waals surface area (Å²) in [6.45, 7) is 0. The minimum atomic E-state index is -0.234. The third kappa shape index (κ3) is 1.76. The molecule has 3 rings (SSSR count). The molecular formula is C14H8BrFO. The molecule has 0 aliphatic carbocycles. The molecule has 0 bridgehead atoms. The smallest absolute Gasteiger partial charge is 0.148 e. The lowest BCUT2D eigenvalue weighted by molar-refractivity contribution is 0.615. The second-order valence-corrected chi connectivity index (χ2v) is 4.63. The quantitative estimate of drug-likeness (QED) is 0.615. The van der Waals surface area contributed by atoms with Crippen molar-refractivity contribution in [2.45, 2.75) is 0 Å². The summed E-state index contributed by atoms with van der Waals surface area (Å²) in [4.78, 5) is 0. The molecule has 3 heteroatoms. The van der Waals surface area contributed by atoms with Crippen molar-refractivity contribution < 1.29 is 8.81 Å². The van der Waals surface area contributed by atoms with Crippen LogP contribution in [0.4, 0.5) is 4.39 Å². The molecule has 0 saturated heterocycles. The first kappa shape index (κ1) is 10.5. The second-order valence-electron chi connectivity index (χ2n) is 3.77. The normalized spacial score (nSPS) is 10.9. The molecule has 17 heavy (non-hydrogen) atoms. The van der Waals surface area contributed by atoms with E-state index in [-0.39, 0.29) is 5.82 Å². The summed E-state index contributed by atoms with van der Waals surface area (Å²) in [7, 11) is 0. The molecule has 0 N–H and O–H groups in total. The zero-order chi connectivity index (χ0) is 11.8. The molecular weight excluding hydrogens is 283 g/mol. The lowest BCUT2D eigenvalue weighted by atomic mass is 10.1. The van der Waals surface area contributed by atoms with E-state index in [1.807, 2.05) is 18.2 Å². The molecule has 0 saturated carbocycles. The molecule has 0 spiro atoms. The van der Waals surface area contributed by atoms with Crippen LogP contribution in [-0.2, 0) is 0 Å². The summed E-state index contributed by atoms with van der Waals surface area (Å²) >= 11 is 3.44. The van der Waals surface area contributed by atoms with Gasteiger partial charge in [-0.2, -0.15) is 0 Å². The first-order chi connectivity index (χ1) is 8.25. The molecule has 0 unspecified atom stereocenters. The molecule has 0 aliphatic rings. The van der Waals surface area contributed by atoms with Crippen molar-refractivity contribution in [1.82, 2.24) is 0 Å². The fourth-order valence-electron chi connectivity index (χ4n) is 1.88. The van der Waals surface area contributed by atoms with Crippen molar-refractivity contribution in [3.05, 3.63) is 59.0 Å². The first-order valence-electron chi connectivity index (χ1n) is 5.17. The summed E-state index contributed by atoms with van der Waals surface area (Å²) in [5.41, 5.74) is 2.73. The number of para-hydroxylation sites is 1. The van der Waals surface area contributed by atoms with Gasteiger partial charge in [-0.05, 0) is 39.7 Å². The van der Waals surface area contributed by atoms with E-state index in [1.54, 1.807) is 18.4 Å². The minimum absolute atomic E-state index is 0.234. The molecule has 84 valence electrons. The van der Waals surface area contributed by atoms with Gasteiger partial charge >= 0.3 is 0 Å². The van der Waals surface area contributed by atoms with Crippen LogP contribution in [0.5, 0.6) is 0 Å². The number of hydrogen-bond acceptors (Lipinski definition) is 1. The first-order valence-corrected chi connectivity index (χ1v) is 5.96. The molecule has 0 radical (unpaired) electrons.